The lowest BCUT2D eigenvalue weighted by Gasteiger charge is -2.41. The second-order valence-corrected chi connectivity index (χ2v) is 6.58. The predicted octanol–water partition coefficient (Wildman–Crippen LogP) is 3.19. The molecule has 0 spiro atoms. The summed E-state index contributed by atoms with van der Waals surface area (Å²) in [4.78, 5) is 5.21. The Labute approximate surface area is 128 Å². The van der Waals surface area contributed by atoms with Crippen LogP contribution in [0.2, 0.25) is 0 Å². The quantitative estimate of drug-likeness (QED) is 0.925. The summed E-state index contributed by atoms with van der Waals surface area (Å²) in [6.07, 6.45) is 6.41. The van der Waals surface area contributed by atoms with E-state index in [2.05, 4.69) is 34.1 Å². The van der Waals surface area contributed by atoms with Gasteiger partial charge in [-0.2, -0.15) is 0 Å². The molecule has 1 aromatic rings. The monoisotopic (exact) mass is 288 g/mol. The summed E-state index contributed by atoms with van der Waals surface area (Å²) in [5, 5.41) is 9.58. The fourth-order valence-electron chi connectivity index (χ4n) is 3.74. The van der Waals surface area contributed by atoms with E-state index < -0.39 is 0 Å². The summed E-state index contributed by atoms with van der Waals surface area (Å²) in [5.41, 5.74) is 2.30. The third kappa shape index (κ3) is 3.58. The van der Waals surface area contributed by atoms with E-state index in [4.69, 9.17) is 0 Å². The molecule has 3 rings (SSSR count). The molecule has 0 saturated carbocycles. The number of likely N-dealkylation sites (tertiary alicyclic amines) is 1. The van der Waals surface area contributed by atoms with E-state index in [1.54, 1.807) is 0 Å². The molecule has 21 heavy (non-hydrogen) atoms. The minimum Gasteiger partial charge on any atom is -0.389 e. The van der Waals surface area contributed by atoms with Crippen LogP contribution in [-0.2, 0) is 0 Å². The van der Waals surface area contributed by atoms with Crippen LogP contribution in [0.3, 0.4) is 0 Å². The lowest BCUT2D eigenvalue weighted by atomic mass is 9.99. The van der Waals surface area contributed by atoms with Crippen LogP contribution in [0, 0.1) is 0 Å². The van der Waals surface area contributed by atoms with Crippen molar-refractivity contribution in [1.82, 2.24) is 4.90 Å². The topological polar surface area (TPSA) is 26.7 Å². The van der Waals surface area contributed by atoms with E-state index in [-0.39, 0.29) is 6.10 Å². The van der Waals surface area contributed by atoms with Crippen LogP contribution in [0.1, 0.15) is 50.7 Å². The molecule has 0 aromatic heterocycles. The van der Waals surface area contributed by atoms with Crippen LogP contribution in [0.25, 0.3) is 0 Å². The number of anilines is 1. The van der Waals surface area contributed by atoms with Crippen LogP contribution in [0.4, 0.5) is 5.69 Å². The highest BCUT2D eigenvalue weighted by Crippen LogP contribution is 2.25. The van der Waals surface area contributed by atoms with Crippen molar-refractivity contribution in [3.8, 4) is 0 Å². The second-order valence-electron chi connectivity index (χ2n) is 6.58. The minimum absolute atomic E-state index is 0.371. The highest BCUT2D eigenvalue weighted by molar-refractivity contribution is 5.48. The first-order chi connectivity index (χ1) is 10.2. The van der Waals surface area contributed by atoms with Crippen molar-refractivity contribution >= 4 is 5.69 Å². The van der Waals surface area contributed by atoms with Gasteiger partial charge < -0.3 is 14.9 Å². The first-order valence-corrected chi connectivity index (χ1v) is 8.51. The highest BCUT2D eigenvalue weighted by atomic mass is 16.3. The summed E-state index contributed by atoms with van der Waals surface area (Å²) >= 11 is 0. The Morgan fingerprint density at radius 3 is 2.14 bits per heavy atom. The van der Waals surface area contributed by atoms with Gasteiger partial charge in [0, 0.05) is 24.8 Å². The maximum atomic E-state index is 9.58. The number of aliphatic hydroxyl groups is 1. The van der Waals surface area contributed by atoms with Crippen molar-refractivity contribution in [2.75, 3.05) is 31.1 Å². The molecule has 1 N–H and O–H groups in total. The predicted molar refractivity (Wildman–Crippen MR) is 87.7 cm³/mol. The third-order valence-electron chi connectivity index (χ3n) is 5.11. The molecule has 0 aliphatic carbocycles. The van der Waals surface area contributed by atoms with E-state index in [9.17, 15) is 5.11 Å². The summed E-state index contributed by atoms with van der Waals surface area (Å²) in [7, 11) is 0. The van der Waals surface area contributed by atoms with E-state index in [1.807, 2.05) is 6.92 Å². The largest absolute Gasteiger partial charge is 0.389 e. The van der Waals surface area contributed by atoms with Crippen LogP contribution in [0.5, 0.6) is 0 Å². The number of aliphatic hydroxyl groups excluding tert-OH is 1. The zero-order valence-corrected chi connectivity index (χ0v) is 13.2. The van der Waals surface area contributed by atoms with Crippen LogP contribution in [0.15, 0.2) is 24.3 Å². The maximum Gasteiger partial charge on any atom is 0.0761 e. The molecule has 2 aliphatic rings. The van der Waals surface area contributed by atoms with Gasteiger partial charge in [0.2, 0.25) is 0 Å². The van der Waals surface area contributed by atoms with Gasteiger partial charge in [0.25, 0.3) is 0 Å². The summed E-state index contributed by atoms with van der Waals surface area (Å²) in [6.45, 7) is 6.77. The van der Waals surface area contributed by atoms with E-state index in [0.29, 0.717) is 0 Å². The van der Waals surface area contributed by atoms with E-state index in [1.165, 1.54) is 50.9 Å². The number of hydrogen-bond acceptors (Lipinski definition) is 3. The van der Waals surface area contributed by atoms with Crippen LogP contribution >= 0.6 is 0 Å². The van der Waals surface area contributed by atoms with Crippen molar-refractivity contribution in [2.24, 2.45) is 0 Å². The van der Waals surface area contributed by atoms with Gasteiger partial charge in [-0.25, -0.2) is 0 Å². The molecule has 2 fully saturated rings. The third-order valence-corrected chi connectivity index (χ3v) is 5.11. The molecular formula is C18H28N2O. The summed E-state index contributed by atoms with van der Waals surface area (Å²) in [6, 6.07) is 9.22. The Morgan fingerprint density at radius 2 is 1.57 bits per heavy atom. The Hall–Kier alpha value is -1.06. The summed E-state index contributed by atoms with van der Waals surface area (Å²) in [5.74, 6) is 0. The maximum absolute atomic E-state index is 9.58. The average Bonchev–Trinajstić information content (AvgIpc) is 2.56. The standard InChI is InChI=1S/C18H28N2O/c1-15(21)16-5-7-17(8-6-16)20-13-9-18(10-14-20)19-11-3-2-4-12-19/h5-8,15,18,21H,2-4,9-14H2,1H3/t15-/m0/s1. The van der Waals surface area contributed by atoms with Gasteiger partial charge in [-0.3, -0.25) is 0 Å². The summed E-state index contributed by atoms with van der Waals surface area (Å²) < 4.78 is 0. The van der Waals surface area contributed by atoms with E-state index in [0.717, 1.165) is 24.7 Å². The molecule has 2 aliphatic heterocycles. The average molecular weight is 288 g/mol. The van der Waals surface area contributed by atoms with Gasteiger partial charge in [-0.05, 0) is 63.4 Å². The molecule has 0 radical (unpaired) electrons. The van der Waals surface area contributed by atoms with Gasteiger partial charge >= 0.3 is 0 Å². The fraction of sp³-hybridized carbons (Fsp3) is 0.667. The molecule has 0 bridgehead atoms. The molecule has 0 amide bonds. The Kier molecular flexibility index (Phi) is 4.81. The van der Waals surface area contributed by atoms with Gasteiger partial charge in [0.05, 0.1) is 6.10 Å². The molecule has 116 valence electrons. The number of piperidine rings is 2. The van der Waals surface area contributed by atoms with Crippen LogP contribution in [-0.4, -0.2) is 42.2 Å². The molecular weight excluding hydrogens is 260 g/mol. The van der Waals surface area contributed by atoms with Crippen molar-refractivity contribution in [1.29, 1.82) is 0 Å². The fourth-order valence-corrected chi connectivity index (χ4v) is 3.74. The molecule has 3 heteroatoms. The van der Waals surface area contributed by atoms with Crippen LogP contribution < -0.4 is 4.90 Å². The zero-order chi connectivity index (χ0) is 14.7. The number of hydrogen-bond donors (Lipinski definition) is 1. The molecule has 1 aromatic carbocycles. The molecule has 2 heterocycles. The minimum atomic E-state index is -0.371. The number of nitrogens with zero attached hydrogens (tertiary/aromatic N) is 2. The lowest BCUT2D eigenvalue weighted by molar-refractivity contribution is 0.141. The highest BCUT2D eigenvalue weighted by Gasteiger charge is 2.25. The van der Waals surface area contributed by atoms with Crippen molar-refractivity contribution in [2.45, 2.75) is 51.2 Å². The van der Waals surface area contributed by atoms with Gasteiger partial charge in [0.1, 0.15) is 0 Å². The first-order valence-electron chi connectivity index (χ1n) is 8.51. The van der Waals surface area contributed by atoms with Crippen molar-refractivity contribution in [3.63, 3.8) is 0 Å². The van der Waals surface area contributed by atoms with Gasteiger partial charge in [0.15, 0.2) is 0 Å². The number of rotatable bonds is 3. The second kappa shape index (κ2) is 6.80. The van der Waals surface area contributed by atoms with E-state index >= 15 is 0 Å². The molecule has 0 unspecified atom stereocenters. The van der Waals surface area contributed by atoms with Crippen molar-refractivity contribution < 1.29 is 5.11 Å². The smallest absolute Gasteiger partial charge is 0.0761 e. The zero-order valence-electron chi connectivity index (χ0n) is 13.2. The van der Waals surface area contributed by atoms with Crippen molar-refractivity contribution in [3.05, 3.63) is 29.8 Å². The molecule has 3 nitrogen and oxygen atoms in total. The van der Waals surface area contributed by atoms with Gasteiger partial charge in [-0.15, -0.1) is 0 Å². The first kappa shape index (κ1) is 14.9. The number of benzene rings is 1. The van der Waals surface area contributed by atoms with Gasteiger partial charge in [-0.1, -0.05) is 18.6 Å². The SMILES string of the molecule is C[C@H](O)c1ccc(N2CCC(N3CCCCC3)CC2)cc1. The molecule has 2 saturated heterocycles. The Bertz CT molecular complexity index is 429. The Morgan fingerprint density at radius 1 is 0.952 bits per heavy atom. The molecule has 1 atom stereocenters. The lowest BCUT2D eigenvalue weighted by Crippen LogP contribution is -2.46. The Balaban J connectivity index is 1.55. The normalized spacial score (nSPS) is 23.2.